The summed E-state index contributed by atoms with van der Waals surface area (Å²) in [6.07, 6.45) is 0. The van der Waals surface area contributed by atoms with E-state index in [1.165, 1.54) is 13.8 Å². The van der Waals surface area contributed by atoms with Gasteiger partial charge >= 0.3 is 11.9 Å². The normalized spacial score (nSPS) is 11.9. The Bertz CT molecular complexity index is 926. The molecule has 0 saturated heterocycles. The van der Waals surface area contributed by atoms with Crippen LogP contribution in [0, 0.1) is 13.8 Å². The topological polar surface area (TPSA) is 52.6 Å². The number of rotatable bonds is 4. The number of aryl methyl sites for hydroxylation is 2. The molecular formula is C26H34O4S. The Balaban J connectivity index is 2.60. The first-order chi connectivity index (χ1) is 14.1. The maximum absolute atomic E-state index is 11.6. The summed E-state index contributed by atoms with van der Waals surface area (Å²) in [6.45, 7) is 19.5. The van der Waals surface area contributed by atoms with Crippen molar-refractivity contribution in [2.45, 2.75) is 89.9 Å². The minimum atomic E-state index is -0.322. The van der Waals surface area contributed by atoms with Gasteiger partial charge in [-0.3, -0.25) is 9.59 Å². The molecular weight excluding hydrogens is 408 g/mol. The molecule has 0 atom stereocenters. The molecule has 0 fully saturated rings. The first-order valence-corrected chi connectivity index (χ1v) is 11.3. The number of esters is 2. The molecule has 0 amide bonds. The maximum Gasteiger partial charge on any atom is 0.308 e. The van der Waals surface area contributed by atoms with Gasteiger partial charge in [0.05, 0.1) is 0 Å². The zero-order chi connectivity index (χ0) is 23.7. The van der Waals surface area contributed by atoms with Crippen LogP contribution in [-0.4, -0.2) is 11.9 Å². The largest absolute Gasteiger partial charge is 0.426 e. The van der Waals surface area contributed by atoms with E-state index in [1.807, 2.05) is 26.0 Å². The van der Waals surface area contributed by atoms with Crippen molar-refractivity contribution in [3.8, 4) is 11.5 Å². The molecule has 0 aliphatic rings. The summed E-state index contributed by atoms with van der Waals surface area (Å²) >= 11 is 1.68. The second-order valence-electron chi connectivity index (χ2n) is 10.0. The van der Waals surface area contributed by atoms with Crippen LogP contribution < -0.4 is 9.47 Å². The van der Waals surface area contributed by atoms with Crippen molar-refractivity contribution < 1.29 is 19.1 Å². The van der Waals surface area contributed by atoms with Gasteiger partial charge in [0.25, 0.3) is 0 Å². The Morgan fingerprint density at radius 1 is 0.677 bits per heavy atom. The molecule has 0 aliphatic heterocycles. The van der Waals surface area contributed by atoms with Crippen LogP contribution >= 0.6 is 11.8 Å². The maximum atomic E-state index is 11.6. The summed E-state index contributed by atoms with van der Waals surface area (Å²) in [5.41, 5.74) is 3.68. The summed E-state index contributed by atoms with van der Waals surface area (Å²) in [5, 5.41) is 0. The van der Waals surface area contributed by atoms with Crippen molar-refractivity contribution in [1.82, 2.24) is 0 Å². The lowest BCUT2D eigenvalue weighted by atomic mass is 9.86. The molecule has 5 heteroatoms. The number of carbonyl (C=O) groups is 2. The quantitative estimate of drug-likeness (QED) is 0.381. The molecule has 2 rings (SSSR count). The van der Waals surface area contributed by atoms with Gasteiger partial charge in [0.15, 0.2) is 0 Å². The highest BCUT2D eigenvalue weighted by Gasteiger charge is 2.24. The number of hydrogen-bond donors (Lipinski definition) is 0. The molecule has 2 aromatic rings. The van der Waals surface area contributed by atoms with Crippen molar-refractivity contribution in [1.29, 1.82) is 0 Å². The van der Waals surface area contributed by atoms with E-state index in [9.17, 15) is 9.59 Å². The lowest BCUT2D eigenvalue weighted by Gasteiger charge is -2.25. The molecule has 0 spiro atoms. The van der Waals surface area contributed by atoms with Crippen molar-refractivity contribution in [2.75, 3.05) is 0 Å². The van der Waals surface area contributed by atoms with E-state index in [4.69, 9.17) is 9.47 Å². The molecule has 0 aromatic heterocycles. The Morgan fingerprint density at radius 2 is 1.00 bits per heavy atom. The summed E-state index contributed by atoms with van der Waals surface area (Å²) < 4.78 is 11.0. The Morgan fingerprint density at radius 3 is 1.26 bits per heavy atom. The third kappa shape index (κ3) is 6.36. The van der Waals surface area contributed by atoms with Crippen LogP contribution in [0.3, 0.4) is 0 Å². The average molecular weight is 443 g/mol. The minimum absolute atomic E-state index is 0.182. The highest BCUT2D eigenvalue weighted by atomic mass is 32.2. The van der Waals surface area contributed by atoms with Crippen LogP contribution in [0.4, 0.5) is 0 Å². The molecule has 0 radical (unpaired) electrons. The average Bonchev–Trinajstić information content (AvgIpc) is 2.55. The van der Waals surface area contributed by atoms with Gasteiger partial charge in [-0.25, -0.2) is 0 Å². The molecule has 168 valence electrons. The van der Waals surface area contributed by atoms with Crippen LogP contribution in [0.15, 0.2) is 34.1 Å². The predicted molar refractivity (Wildman–Crippen MR) is 126 cm³/mol. The molecule has 0 N–H and O–H groups in total. The standard InChI is InChI=1S/C26H34O4S/c1-15-11-21(29-17(3)27)19(25(5,6)7)13-23(15)31-24-14-20(26(8,9)10)22(12-16(24)2)30-18(4)28/h11-14H,1-10H3. The lowest BCUT2D eigenvalue weighted by Crippen LogP contribution is -2.16. The first-order valence-electron chi connectivity index (χ1n) is 10.4. The first kappa shape index (κ1) is 25.0. The van der Waals surface area contributed by atoms with E-state index in [2.05, 4.69) is 53.7 Å². The van der Waals surface area contributed by atoms with E-state index in [-0.39, 0.29) is 22.8 Å². The zero-order valence-electron chi connectivity index (χ0n) is 20.4. The van der Waals surface area contributed by atoms with E-state index >= 15 is 0 Å². The van der Waals surface area contributed by atoms with Crippen LogP contribution in [0.25, 0.3) is 0 Å². The number of ether oxygens (including phenoxy) is 2. The smallest absolute Gasteiger partial charge is 0.308 e. The molecule has 0 heterocycles. The summed E-state index contributed by atoms with van der Waals surface area (Å²) in [4.78, 5) is 25.4. The van der Waals surface area contributed by atoms with Gasteiger partial charge in [0.2, 0.25) is 0 Å². The van der Waals surface area contributed by atoms with Gasteiger partial charge in [-0.15, -0.1) is 0 Å². The number of hydrogen-bond acceptors (Lipinski definition) is 5. The Kier molecular flexibility index (Phi) is 7.32. The molecule has 0 aliphatic carbocycles. The van der Waals surface area contributed by atoms with E-state index < -0.39 is 0 Å². The third-order valence-electron chi connectivity index (χ3n) is 4.90. The lowest BCUT2D eigenvalue weighted by molar-refractivity contribution is -0.132. The molecule has 31 heavy (non-hydrogen) atoms. The van der Waals surface area contributed by atoms with Crippen molar-refractivity contribution in [3.63, 3.8) is 0 Å². The fourth-order valence-electron chi connectivity index (χ4n) is 3.31. The number of benzene rings is 2. The molecule has 2 aromatic carbocycles. The Hall–Kier alpha value is -2.27. The second kappa shape index (κ2) is 9.07. The summed E-state index contributed by atoms with van der Waals surface area (Å²) in [5.74, 6) is 0.576. The SMILES string of the molecule is CC(=O)Oc1cc(C)c(Sc2cc(C(C)(C)C)c(OC(C)=O)cc2C)cc1C(C)(C)C. The van der Waals surface area contributed by atoms with E-state index in [0.717, 1.165) is 32.0 Å². The predicted octanol–water partition coefficient (Wildman–Crippen LogP) is 6.90. The van der Waals surface area contributed by atoms with E-state index in [0.29, 0.717) is 11.5 Å². The zero-order valence-corrected chi connectivity index (χ0v) is 21.2. The van der Waals surface area contributed by atoms with Gasteiger partial charge in [-0.05, 0) is 60.1 Å². The van der Waals surface area contributed by atoms with E-state index in [1.54, 1.807) is 11.8 Å². The van der Waals surface area contributed by atoms with Gasteiger partial charge in [0, 0.05) is 34.8 Å². The number of carbonyl (C=O) groups excluding carboxylic acids is 2. The fourth-order valence-corrected chi connectivity index (χ4v) is 4.34. The fraction of sp³-hybridized carbons (Fsp3) is 0.462. The molecule has 0 bridgehead atoms. The summed E-state index contributed by atoms with van der Waals surface area (Å²) in [6, 6.07) is 8.12. The van der Waals surface area contributed by atoms with Crippen molar-refractivity contribution >= 4 is 23.7 Å². The second-order valence-corrected chi connectivity index (χ2v) is 11.1. The monoisotopic (exact) mass is 442 g/mol. The minimum Gasteiger partial charge on any atom is -0.426 e. The van der Waals surface area contributed by atoms with Crippen molar-refractivity contribution in [3.05, 3.63) is 46.5 Å². The highest BCUT2D eigenvalue weighted by molar-refractivity contribution is 7.99. The van der Waals surface area contributed by atoms with Crippen LogP contribution in [0.1, 0.15) is 77.6 Å². The highest BCUT2D eigenvalue weighted by Crippen LogP contribution is 2.43. The van der Waals surface area contributed by atoms with Gasteiger partial charge < -0.3 is 9.47 Å². The molecule has 0 unspecified atom stereocenters. The van der Waals surface area contributed by atoms with Gasteiger partial charge in [0.1, 0.15) is 11.5 Å². The van der Waals surface area contributed by atoms with Crippen LogP contribution in [0.5, 0.6) is 11.5 Å². The third-order valence-corrected chi connectivity index (χ3v) is 6.22. The van der Waals surface area contributed by atoms with Crippen LogP contribution in [-0.2, 0) is 20.4 Å². The van der Waals surface area contributed by atoms with Crippen LogP contribution in [0.2, 0.25) is 0 Å². The Labute approximate surface area is 190 Å². The van der Waals surface area contributed by atoms with Crippen molar-refractivity contribution in [2.24, 2.45) is 0 Å². The molecule has 4 nitrogen and oxygen atoms in total. The summed E-state index contributed by atoms with van der Waals surface area (Å²) in [7, 11) is 0. The van der Waals surface area contributed by atoms with Gasteiger partial charge in [-0.2, -0.15) is 0 Å². The molecule has 0 saturated carbocycles. The van der Waals surface area contributed by atoms with Gasteiger partial charge in [-0.1, -0.05) is 53.3 Å².